The summed E-state index contributed by atoms with van der Waals surface area (Å²) in [5, 5.41) is 11.7. The van der Waals surface area contributed by atoms with Crippen molar-refractivity contribution in [2.75, 3.05) is 6.61 Å². The van der Waals surface area contributed by atoms with Crippen molar-refractivity contribution < 1.29 is 47.7 Å². The Kier molecular flexibility index (Phi) is 9.42. The molecule has 0 bridgehead atoms. The number of carbonyl (C=O) groups is 5. The summed E-state index contributed by atoms with van der Waals surface area (Å²) in [4.78, 5) is 64.6. The van der Waals surface area contributed by atoms with Crippen molar-refractivity contribution in [3.05, 3.63) is 54.0 Å². The van der Waals surface area contributed by atoms with Gasteiger partial charge in [0.2, 0.25) is 0 Å². The summed E-state index contributed by atoms with van der Waals surface area (Å²) < 4.78 is 28.6. The monoisotopic (exact) mass is 583 g/mol. The Morgan fingerprint density at radius 1 is 0.857 bits per heavy atom. The number of nitrogens with one attached hydrogen (secondary N) is 1. The molecule has 0 aliphatic carbocycles. The van der Waals surface area contributed by atoms with Gasteiger partial charge in [0.15, 0.2) is 24.5 Å². The average molecular weight is 584 g/mol. The van der Waals surface area contributed by atoms with Crippen LogP contribution in [0.2, 0.25) is 0 Å². The van der Waals surface area contributed by atoms with Gasteiger partial charge in [0.1, 0.15) is 24.1 Å². The molecule has 15 nitrogen and oxygen atoms in total. The smallest absolute Gasteiger partial charge is 0.303 e. The Labute approximate surface area is 239 Å². The van der Waals surface area contributed by atoms with E-state index in [9.17, 15) is 24.0 Å². The molecule has 0 radical (unpaired) electrons. The number of rotatable bonds is 9. The lowest BCUT2D eigenvalue weighted by atomic mass is 9.97. The van der Waals surface area contributed by atoms with E-state index >= 15 is 0 Å². The van der Waals surface area contributed by atoms with Gasteiger partial charge in [-0.05, 0) is 12.1 Å². The number of aromatic nitrogens is 4. The molecule has 1 aliphatic heterocycles. The summed E-state index contributed by atoms with van der Waals surface area (Å²) >= 11 is 0. The minimum Gasteiger partial charge on any atom is -0.463 e. The Hall–Kier alpha value is -4.92. The first kappa shape index (κ1) is 30.0. The molecule has 5 atom stereocenters. The van der Waals surface area contributed by atoms with E-state index < -0.39 is 60.4 Å². The van der Waals surface area contributed by atoms with Gasteiger partial charge in [-0.15, -0.1) is 5.10 Å². The Morgan fingerprint density at radius 2 is 1.52 bits per heavy atom. The van der Waals surface area contributed by atoms with E-state index in [1.807, 2.05) is 18.2 Å². The van der Waals surface area contributed by atoms with Crippen molar-refractivity contribution >= 4 is 40.7 Å². The fraction of sp³-hybridized carbons (Fsp3) is 0.407. The maximum absolute atomic E-state index is 12.7. The van der Waals surface area contributed by atoms with Crippen LogP contribution >= 0.6 is 0 Å². The van der Waals surface area contributed by atoms with Gasteiger partial charge in [-0.2, -0.15) is 0 Å². The van der Waals surface area contributed by atoms with Crippen LogP contribution in [0.4, 0.5) is 0 Å². The molecule has 3 aromatic rings. The van der Waals surface area contributed by atoms with Crippen molar-refractivity contribution in [1.29, 1.82) is 0 Å². The second kappa shape index (κ2) is 13.2. The highest BCUT2D eigenvalue weighted by Gasteiger charge is 2.53. The predicted octanol–water partition coefficient (Wildman–Crippen LogP) is 1.01. The molecule has 15 heteroatoms. The highest BCUT2D eigenvalue weighted by atomic mass is 16.7. The number of ether oxygens (including phenoxy) is 5. The molecule has 2 aromatic heterocycles. The zero-order chi connectivity index (χ0) is 30.4. The van der Waals surface area contributed by atoms with Crippen LogP contribution in [0.3, 0.4) is 0 Å². The van der Waals surface area contributed by atoms with E-state index in [0.29, 0.717) is 11.2 Å². The molecule has 1 aromatic carbocycles. The molecule has 1 amide bonds. The number of esters is 4. The minimum absolute atomic E-state index is 0.0430. The molecule has 42 heavy (non-hydrogen) atoms. The molecule has 1 N–H and O–H groups in total. The van der Waals surface area contributed by atoms with Crippen molar-refractivity contribution in [2.45, 2.75) is 64.9 Å². The van der Waals surface area contributed by atoms with Crippen LogP contribution in [0.15, 0.2) is 42.6 Å². The number of hydrogen-bond acceptors (Lipinski definition) is 13. The summed E-state index contributed by atoms with van der Waals surface area (Å²) in [6.07, 6.45) is -5.00. The molecular weight excluding hydrogens is 554 g/mol. The number of amides is 1. The number of fused-ring (bicyclic) bond motifs is 1. The Balaban J connectivity index is 1.57. The molecule has 1 saturated heterocycles. The van der Waals surface area contributed by atoms with Crippen LogP contribution < -0.4 is 5.32 Å². The first-order chi connectivity index (χ1) is 20.0. The van der Waals surface area contributed by atoms with Gasteiger partial charge in [0, 0.05) is 33.1 Å². The second-order valence-corrected chi connectivity index (χ2v) is 9.35. The van der Waals surface area contributed by atoms with E-state index in [1.54, 1.807) is 18.2 Å². The summed E-state index contributed by atoms with van der Waals surface area (Å²) in [7, 11) is 0. The summed E-state index contributed by atoms with van der Waals surface area (Å²) in [5.74, 6) is -3.33. The molecular formula is C27H29N5O10. The highest BCUT2D eigenvalue weighted by Crippen LogP contribution is 2.34. The number of hydrogen-bond donors (Lipinski definition) is 1. The second-order valence-electron chi connectivity index (χ2n) is 9.35. The van der Waals surface area contributed by atoms with Gasteiger partial charge in [-0.1, -0.05) is 29.5 Å². The lowest BCUT2D eigenvalue weighted by molar-refractivity contribution is -0.270. The van der Waals surface area contributed by atoms with Crippen LogP contribution in [0.5, 0.6) is 0 Å². The van der Waals surface area contributed by atoms with Crippen molar-refractivity contribution in [1.82, 2.24) is 25.3 Å². The van der Waals surface area contributed by atoms with Crippen LogP contribution in [0, 0.1) is 0 Å². The van der Waals surface area contributed by atoms with Crippen LogP contribution in [0.1, 0.15) is 50.1 Å². The average Bonchev–Trinajstić information content (AvgIpc) is 3.40. The number of carbonyl (C=O) groups excluding carboxylic acids is 5. The molecule has 0 saturated carbocycles. The number of pyridine rings is 1. The molecule has 0 unspecified atom stereocenters. The van der Waals surface area contributed by atoms with Gasteiger partial charge in [0.25, 0.3) is 5.91 Å². The molecule has 222 valence electrons. The summed E-state index contributed by atoms with van der Waals surface area (Å²) in [6, 6.07) is 10.8. The third-order valence-electron chi connectivity index (χ3n) is 6.05. The van der Waals surface area contributed by atoms with Crippen molar-refractivity contribution in [3.8, 4) is 0 Å². The van der Waals surface area contributed by atoms with Crippen molar-refractivity contribution in [3.63, 3.8) is 0 Å². The molecule has 3 heterocycles. The van der Waals surface area contributed by atoms with E-state index in [-0.39, 0.29) is 18.8 Å². The largest absolute Gasteiger partial charge is 0.463 e. The minimum atomic E-state index is -1.36. The van der Waals surface area contributed by atoms with Crippen LogP contribution in [0.25, 0.3) is 10.9 Å². The fourth-order valence-corrected chi connectivity index (χ4v) is 4.39. The maximum atomic E-state index is 12.7. The van der Waals surface area contributed by atoms with Crippen LogP contribution in [-0.2, 0) is 49.4 Å². The zero-order valence-electron chi connectivity index (χ0n) is 23.2. The normalized spacial score (nSPS) is 21.7. The predicted molar refractivity (Wildman–Crippen MR) is 140 cm³/mol. The SMILES string of the molecule is CC(=O)OC[C@H]1O[C@@H](n2cc(CNC(=O)c3ccc4ccccc4n3)nn2)[C@H](OC(C)=O)[C@@H](OC(C)=O)[C@@H]1OC(C)=O. The molecule has 4 rings (SSSR count). The van der Waals surface area contributed by atoms with E-state index in [4.69, 9.17) is 23.7 Å². The fourth-order valence-electron chi connectivity index (χ4n) is 4.39. The van der Waals surface area contributed by atoms with Gasteiger partial charge in [0.05, 0.1) is 18.3 Å². The van der Waals surface area contributed by atoms with E-state index in [2.05, 4.69) is 20.6 Å². The standard InChI is InChI=1S/C27H29N5O10/c1-14(33)38-13-22-23(39-15(2)34)24(40-16(3)35)25(41-17(4)36)27(42-22)32-12-19(30-31-32)11-28-26(37)21-10-9-18-7-5-6-8-20(18)29-21/h5-10,12,22-25,27H,11,13H2,1-4H3,(H,28,37)/t22-,23-,24+,25-,27-/m1/s1. The first-order valence-electron chi connectivity index (χ1n) is 12.9. The lowest BCUT2D eigenvalue weighted by Crippen LogP contribution is -2.60. The topological polar surface area (TPSA) is 187 Å². The summed E-state index contributed by atoms with van der Waals surface area (Å²) in [6.45, 7) is 4.14. The Morgan fingerprint density at radius 3 is 2.21 bits per heavy atom. The quantitative estimate of drug-likeness (QED) is 0.278. The van der Waals surface area contributed by atoms with E-state index in [0.717, 1.165) is 26.2 Å². The number of benzene rings is 1. The third-order valence-corrected chi connectivity index (χ3v) is 6.05. The summed E-state index contributed by atoms with van der Waals surface area (Å²) in [5.41, 5.74) is 1.18. The van der Waals surface area contributed by atoms with Gasteiger partial charge in [-0.25, -0.2) is 9.67 Å². The van der Waals surface area contributed by atoms with Gasteiger partial charge < -0.3 is 29.0 Å². The maximum Gasteiger partial charge on any atom is 0.303 e. The Bertz CT molecular complexity index is 1490. The van der Waals surface area contributed by atoms with E-state index in [1.165, 1.54) is 17.8 Å². The van der Waals surface area contributed by atoms with Gasteiger partial charge in [-0.3, -0.25) is 24.0 Å². The molecule has 0 spiro atoms. The lowest BCUT2D eigenvalue weighted by Gasteiger charge is -2.44. The zero-order valence-corrected chi connectivity index (χ0v) is 23.2. The number of para-hydroxylation sites is 1. The third kappa shape index (κ3) is 7.42. The highest BCUT2D eigenvalue weighted by molar-refractivity contribution is 5.94. The van der Waals surface area contributed by atoms with Gasteiger partial charge >= 0.3 is 23.9 Å². The number of nitrogens with zero attached hydrogens (tertiary/aromatic N) is 4. The molecule has 1 fully saturated rings. The molecule has 1 aliphatic rings. The first-order valence-corrected chi connectivity index (χ1v) is 12.9. The van der Waals surface area contributed by atoms with Crippen LogP contribution in [-0.4, -0.2) is 80.8 Å². The van der Waals surface area contributed by atoms with Crippen molar-refractivity contribution in [2.24, 2.45) is 0 Å².